The van der Waals surface area contributed by atoms with E-state index in [2.05, 4.69) is 15.6 Å². The largest absolute Gasteiger partial charge is 0.482 e. The molecule has 2 N–H and O–H groups in total. The molecule has 5 aromatic carbocycles. The maximum Gasteiger partial charge on any atom is 0.407 e. The summed E-state index contributed by atoms with van der Waals surface area (Å²) in [5.41, 5.74) is 5.18. The second kappa shape index (κ2) is 14.9. The van der Waals surface area contributed by atoms with Gasteiger partial charge in [-0.1, -0.05) is 90.5 Å². The lowest BCUT2D eigenvalue weighted by Gasteiger charge is -2.21. The summed E-state index contributed by atoms with van der Waals surface area (Å²) in [6, 6.07) is 31.4. The van der Waals surface area contributed by atoms with Gasteiger partial charge in [-0.05, 0) is 52.6 Å². The Balaban J connectivity index is 1.02. The van der Waals surface area contributed by atoms with Gasteiger partial charge in [0.2, 0.25) is 11.8 Å². The summed E-state index contributed by atoms with van der Waals surface area (Å²) in [5.74, 6) is -1.36. The molecule has 0 bridgehead atoms. The average molecular weight is 706 g/mol. The third-order valence-electron chi connectivity index (χ3n) is 8.54. The quantitative estimate of drug-likeness (QED) is 0.139. The van der Waals surface area contributed by atoms with Gasteiger partial charge < -0.3 is 24.5 Å². The SMILES string of the molecule is O=C(CC(NC(=O)OCC1c2ccccc2-c2ccccc21)c1ccc(F)cc1F)Nc1ccccc1OCc1ncc(-c2cccc(Cl)c2)o1. The molecule has 7 rings (SSSR count). The van der Waals surface area contributed by atoms with Crippen LogP contribution in [0.4, 0.5) is 19.3 Å². The molecule has 1 aliphatic rings. The number of rotatable bonds is 11. The van der Waals surface area contributed by atoms with Gasteiger partial charge in [0.05, 0.1) is 24.3 Å². The van der Waals surface area contributed by atoms with Crippen LogP contribution in [0, 0.1) is 11.6 Å². The number of halogens is 3. The highest BCUT2D eigenvalue weighted by Gasteiger charge is 2.30. The van der Waals surface area contributed by atoms with Crippen LogP contribution in [-0.4, -0.2) is 23.6 Å². The molecule has 6 aromatic rings. The van der Waals surface area contributed by atoms with Gasteiger partial charge in [-0.15, -0.1) is 0 Å². The number of nitrogens with zero attached hydrogens (tertiary/aromatic N) is 1. The molecular formula is C40H30ClF2N3O5. The minimum Gasteiger partial charge on any atom is -0.482 e. The maximum atomic E-state index is 15.0. The number of amides is 2. The minimum absolute atomic E-state index is 0.0144. The zero-order chi connectivity index (χ0) is 35.3. The van der Waals surface area contributed by atoms with E-state index >= 15 is 4.39 Å². The van der Waals surface area contributed by atoms with Crippen LogP contribution in [0.2, 0.25) is 5.02 Å². The van der Waals surface area contributed by atoms with E-state index in [1.807, 2.05) is 54.6 Å². The van der Waals surface area contributed by atoms with E-state index in [1.165, 1.54) is 6.07 Å². The van der Waals surface area contributed by atoms with Crippen LogP contribution in [-0.2, 0) is 16.1 Å². The van der Waals surface area contributed by atoms with Crippen LogP contribution in [0.5, 0.6) is 5.75 Å². The summed E-state index contributed by atoms with van der Waals surface area (Å²) in [4.78, 5) is 30.9. The van der Waals surface area contributed by atoms with Crippen LogP contribution in [0.15, 0.2) is 126 Å². The highest BCUT2D eigenvalue weighted by atomic mass is 35.5. The first kappa shape index (κ1) is 33.5. The van der Waals surface area contributed by atoms with Gasteiger partial charge in [0.15, 0.2) is 12.4 Å². The number of hydrogen-bond donors (Lipinski definition) is 2. The first-order chi connectivity index (χ1) is 24.8. The third kappa shape index (κ3) is 7.61. The smallest absolute Gasteiger partial charge is 0.407 e. The average Bonchev–Trinajstić information content (AvgIpc) is 3.73. The first-order valence-electron chi connectivity index (χ1n) is 16.1. The van der Waals surface area contributed by atoms with Crippen LogP contribution in [0.3, 0.4) is 0 Å². The van der Waals surface area contributed by atoms with Gasteiger partial charge >= 0.3 is 6.09 Å². The van der Waals surface area contributed by atoms with Crippen molar-refractivity contribution in [2.75, 3.05) is 11.9 Å². The molecule has 2 amide bonds. The van der Waals surface area contributed by atoms with E-state index in [9.17, 15) is 14.0 Å². The molecule has 1 atom stereocenters. The molecular weight excluding hydrogens is 676 g/mol. The van der Waals surface area contributed by atoms with Crippen molar-refractivity contribution in [3.63, 3.8) is 0 Å². The zero-order valence-corrected chi connectivity index (χ0v) is 27.7. The molecule has 0 spiro atoms. The number of para-hydroxylation sites is 2. The Bertz CT molecular complexity index is 2180. The summed E-state index contributed by atoms with van der Waals surface area (Å²) in [6.45, 7) is -0.0271. The minimum atomic E-state index is -1.19. The van der Waals surface area contributed by atoms with Gasteiger partial charge in [0.25, 0.3) is 0 Å². The van der Waals surface area contributed by atoms with Crippen molar-refractivity contribution in [1.29, 1.82) is 0 Å². The molecule has 1 aliphatic carbocycles. The first-order valence-corrected chi connectivity index (χ1v) is 16.5. The van der Waals surface area contributed by atoms with E-state index in [0.717, 1.165) is 33.9 Å². The Labute approximate surface area is 297 Å². The number of carbonyl (C=O) groups is 2. The standard InChI is InChI=1S/C40H30ClF2N3O5/c41-25-9-7-8-24(18-25)37-21-44-39(51-37)23-49-36-15-6-5-14-34(36)45-38(47)20-35(31-17-16-26(42)19-33(31)43)46-40(48)50-22-32-29-12-3-1-10-27(29)28-11-2-4-13-30(28)32/h1-19,21,32,35H,20,22-23H2,(H,45,47)(H,46,48). The van der Waals surface area contributed by atoms with Crippen molar-refractivity contribution in [3.8, 4) is 28.2 Å². The molecule has 0 radical (unpaired) electrons. The molecule has 256 valence electrons. The molecule has 0 saturated heterocycles. The van der Waals surface area contributed by atoms with Crippen molar-refractivity contribution < 1.29 is 32.3 Å². The molecule has 11 heteroatoms. The van der Waals surface area contributed by atoms with Crippen molar-refractivity contribution >= 4 is 29.3 Å². The second-order valence-corrected chi connectivity index (χ2v) is 12.3. The van der Waals surface area contributed by atoms with Gasteiger partial charge in [0.1, 0.15) is 24.0 Å². The third-order valence-corrected chi connectivity index (χ3v) is 8.77. The molecule has 1 aromatic heterocycles. The Hall–Kier alpha value is -6.00. The molecule has 0 fully saturated rings. The Morgan fingerprint density at radius 2 is 1.59 bits per heavy atom. The number of alkyl carbamates (subject to hydrolysis) is 1. The van der Waals surface area contributed by atoms with E-state index in [0.29, 0.717) is 34.2 Å². The lowest BCUT2D eigenvalue weighted by atomic mass is 9.98. The van der Waals surface area contributed by atoms with Gasteiger partial charge in [0, 0.05) is 28.1 Å². The summed E-state index contributed by atoms with van der Waals surface area (Å²) >= 11 is 6.09. The van der Waals surface area contributed by atoms with E-state index in [4.69, 9.17) is 25.5 Å². The predicted octanol–water partition coefficient (Wildman–Crippen LogP) is 9.46. The summed E-state index contributed by atoms with van der Waals surface area (Å²) < 4.78 is 46.3. The highest BCUT2D eigenvalue weighted by molar-refractivity contribution is 6.30. The summed E-state index contributed by atoms with van der Waals surface area (Å²) in [5, 5.41) is 5.95. The zero-order valence-electron chi connectivity index (χ0n) is 26.9. The van der Waals surface area contributed by atoms with Crippen molar-refractivity contribution in [3.05, 3.63) is 161 Å². The van der Waals surface area contributed by atoms with E-state index in [1.54, 1.807) is 48.7 Å². The van der Waals surface area contributed by atoms with Crippen molar-refractivity contribution in [1.82, 2.24) is 10.3 Å². The number of anilines is 1. The Morgan fingerprint density at radius 1 is 0.863 bits per heavy atom. The number of carbonyl (C=O) groups excluding carboxylic acids is 2. The van der Waals surface area contributed by atoms with E-state index < -0.39 is 36.1 Å². The number of hydrogen-bond acceptors (Lipinski definition) is 6. The van der Waals surface area contributed by atoms with Gasteiger partial charge in [-0.25, -0.2) is 18.6 Å². The Kier molecular flexibility index (Phi) is 9.76. The van der Waals surface area contributed by atoms with Crippen LogP contribution >= 0.6 is 11.6 Å². The number of oxazole rings is 1. The lowest BCUT2D eigenvalue weighted by molar-refractivity contribution is -0.116. The number of nitrogens with one attached hydrogen (secondary N) is 2. The molecule has 8 nitrogen and oxygen atoms in total. The highest BCUT2D eigenvalue weighted by Crippen LogP contribution is 2.44. The van der Waals surface area contributed by atoms with E-state index in [-0.39, 0.29) is 24.7 Å². The van der Waals surface area contributed by atoms with Crippen LogP contribution in [0.1, 0.15) is 41.0 Å². The van der Waals surface area contributed by atoms with Gasteiger partial charge in [-0.3, -0.25) is 4.79 Å². The summed E-state index contributed by atoms with van der Waals surface area (Å²) in [7, 11) is 0. The molecule has 1 heterocycles. The maximum absolute atomic E-state index is 15.0. The normalized spacial score (nSPS) is 12.5. The molecule has 51 heavy (non-hydrogen) atoms. The van der Waals surface area contributed by atoms with Crippen molar-refractivity contribution in [2.24, 2.45) is 0 Å². The second-order valence-electron chi connectivity index (χ2n) is 11.9. The number of ether oxygens (including phenoxy) is 2. The fourth-order valence-electron chi connectivity index (χ4n) is 6.18. The fourth-order valence-corrected chi connectivity index (χ4v) is 6.37. The van der Waals surface area contributed by atoms with Crippen LogP contribution < -0.4 is 15.4 Å². The lowest BCUT2D eigenvalue weighted by Crippen LogP contribution is -2.33. The van der Waals surface area contributed by atoms with Gasteiger partial charge in [-0.2, -0.15) is 0 Å². The molecule has 1 unspecified atom stereocenters. The van der Waals surface area contributed by atoms with Crippen LogP contribution in [0.25, 0.3) is 22.5 Å². The number of benzene rings is 5. The topological polar surface area (TPSA) is 103 Å². The Morgan fingerprint density at radius 3 is 2.33 bits per heavy atom. The van der Waals surface area contributed by atoms with Crippen molar-refractivity contribution in [2.45, 2.75) is 25.0 Å². The molecule has 0 aliphatic heterocycles. The number of aromatic nitrogens is 1. The number of fused-ring (bicyclic) bond motifs is 3. The predicted molar refractivity (Wildman–Crippen MR) is 188 cm³/mol. The summed E-state index contributed by atoms with van der Waals surface area (Å²) in [6.07, 6.45) is 0.311. The molecule has 0 saturated carbocycles. The fraction of sp³-hybridized carbons (Fsp3) is 0.125. The monoisotopic (exact) mass is 705 g/mol.